The molecule has 0 saturated carbocycles. The van der Waals surface area contributed by atoms with Crippen LogP contribution in [0.25, 0.3) is 0 Å². The van der Waals surface area contributed by atoms with Crippen molar-refractivity contribution >= 4 is 0 Å². The number of fused-ring (bicyclic) bond motifs is 1. The summed E-state index contributed by atoms with van der Waals surface area (Å²) >= 11 is 0. The van der Waals surface area contributed by atoms with Crippen molar-refractivity contribution in [1.29, 1.82) is 0 Å². The first-order valence-corrected chi connectivity index (χ1v) is 3.51. The molecule has 1 N–H and O–H groups in total. The van der Waals surface area contributed by atoms with E-state index in [1.54, 1.807) is 0 Å². The van der Waals surface area contributed by atoms with Gasteiger partial charge >= 0.3 is 0 Å². The number of nitrogens with one attached hydrogen (secondary N) is 1. The average Bonchev–Trinajstić information content (AvgIpc) is 2.85. The minimum atomic E-state index is -3.85. The minimum Gasteiger partial charge on any atom is -0.454 e. The van der Waals surface area contributed by atoms with Crippen molar-refractivity contribution < 1.29 is 30.1 Å². The van der Waals surface area contributed by atoms with E-state index in [1.165, 1.54) is 0 Å². The molecule has 0 bridgehead atoms. The van der Waals surface area contributed by atoms with Crippen LogP contribution in [0.5, 0.6) is 11.5 Å². The fourth-order valence-corrected chi connectivity index (χ4v) is 0.834. The van der Waals surface area contributed by atoms with Gasteiger partial charge < -0.3 is 14.8 Å². The largest absolute Gasteiger partial charge is 0.454 e. The Morgan fingerprint density at radius 3 is 3.64 bits per heavy atom. The molecule has 0 fully saturated rings. The van der Waals surface area contributed by atoms with Gasteiger partial charge in [0.15, 0.2) is 11.5 Å². The van der Waals surface area contributed by atoms with Gasteiger partial charge in [0, 0.05) is 18.4 Å². The van der Waals surface area contributed by atoms with Crippen LogP contribution in [0.15, 0.2) is 18.1 Å². The summed E-state index contributed by atoms with van der Waals surface area (Å²) in [5.41, 5.74) is -1.23. The van der Waals surface area contributed by atoms with Gasteiger partial charge in [0.2, 0.25) is 6.75 Å². The van der Waals surface area contributed by atoms with Gasteiger partial charge in [-0.05, 0) is 37.8 Å². The predicted molar refractivity (Wildman–Crippen MR) is 54.8 cm³/mol. The van der Waals surface area contributed by atoms with Crippen LogP contribution in [0.4, 0.5) is 0 Å². The molecule has 3 heteroatoms. The molecule has 0 radical (unpaired) electrons. The molecule has 1 aromatic rings. The topological polar surface area (TPSA) is 30.5 Å². The summed E-state index contributed by atoms with van der Waals surface area (Å²) in [6.07, 6.45) is -3.70. The molecular formula is C11H15NO2. The lowest BCUT2D eigenvalue weighted by Crippen LogP contribution is -2.23. The molecule has 2 rings (SSSR count). The SMILES string of the molecule is [2H]c1c([2H])c(C([2H])([2H])C([2H])(N([2H])C([2H])([2H])[2H])C([2H])([2H])[2H])c([2H])c2c1OC([2H])([2H])O2. The lowest BCUT2D eigenvalue weighted by molar-refractivity contribution is 0.174. The molecule has 1 aliphatic rings. The molecule has 0 amide bonds. The maximum Gasteiger partial charge on any atom is 0.231 e. The maximum atomic E-state index is 8.22. The van der Waals surface area contributed by atoms with E-state index in [2.05, 4.69) is 4.74 Å². The highest BCUT2D eigenvalue weighted by atomic mass is 16.7. The third-order valence-corrected chi connectivity index (χ3v) is 1.39. The van der Waals surface area contributed by atoms with Crippen LogP contribution in [0.1, 0.15) is 31.6 Å². The molecule has 1 aromatic carbocycles. The van der Waals surface area contributed by atoms with Gasteiger partial charge in [-0.1, -0.05) is 6.04 Å². The predicted octanol–water partition coefficient (Wildman–Crippen LogP) is 1.57. The Bertz CT molecular complexity index is 831. The highest BCUT2D eigenvalue weighted by molar-refractivity contribution is 5.44. The van der Waals surface area contributed by atoms with Crippen molar-refractivity contribution in [2.45, 2.75) is 19.2 Å². The highest BCUT2D eigenvalue weighted by Gasteiger charge is 2.13. The molecular weight excluding hydrogens is 178 g/mol. The molecule has 3 nitrogen and oxygen atoms in total. The van der Waals surface area contributed by atoms with Gasteiger partial charge in [-0.25, -0.2) is 0 Å². The van der Waals surface area contributed by atoms with Crippen molar-refractivity contribution in [3.63, 3.8) is 0 Å². The van der Waals surface area contributed by atoms with E-state index in [0.717, 1.165) is 0 Å². The van der Waals surface area contributed by atoms with E-state index >= 15 is 0 Å². The Balaban J connectivity index is 2.87. The van der Waals surface area contributed by atoms with Crippen molar-refractivity contribution in [1.82, 2.24) is 5.31 Å². The Labute approximate surface area is 105 Å². The summed E-state index contributed by atoms with van der Waals surface area (Å²) in [6.45, 7) is -10.2. The zero-order valence-electron chi connectivity index (χ0n) is 21.8. The minimum absolute atomic E-state index is 0.701. The van der Waals surface area contributed by atoms with Gasteiger partial charge in [0.1, 0.15) is 4.15 Å². The van der Waals surface area contributed by atoms with Crippen molar-refractivity contribution in [3.05, 3.63) is 23.7 Å². The number of rotatable bonds is 3. The number of hydrogen-bond donors (Lipinski definition) is 1. The van der Waals surface area contributed by atoms with Gasteiger partial charge in [-0.3, -0.25) is 0 Å². The molecule has 0 aromatic heterocycles. The third kappa shape index (κ3) is 1.82. The van der Waals surface area contributed by atoms with Crippen molar-refractivity contribution in [2.75, 3.05) is 13.7 Å². The summed E-state index contributed by atoms with van der Waals surface area (Å²) in [5, 5.41) is -0.751. The van der Waals surface area contributed by atoms with Crippen molar-refractivity contribution in [2.24, 2.45) is 0 Å². The van der Waals surface area contributed by atoms with Crippen LogP contribution in [0.3, 0.4) is 0 Å². The lowest BCUT2D eigenvalue weighted by Gasteiger charge is -2.09. The molecule has 1 aliphatic heterocycles. The van der Waals surface area contributed by atoms with Gasteiger partial charge in [0.05, 0.1) is 4.11 Å². The number of likely N-dealkylation sites (N-methyl/N-ethyl adjacent to an activating group) is 1. The summed E-state index contributed by atoms with van der Waals surface area (Å²) < 4.78 is 125. The van der Waals surface area contributed by atoms with Gasteiger partial charge in [0.25, 0.3) is 0 Å². The molecule has 14 heavy (non-hydrogen) atoms. The van der Waals surface area contributed by atoms with Crippen LogP contribution in [-0.2, 0) is 6.37 Å². The quantitative estimate of drug-likeness (QED) is 0.818. The molecule has 0 spiro atoms. The molecule has 1 unspecified atom stereocenters. The van der Waals surface area contributed by atoms with Crippen LogP contribution in [0.2, 0.25) is 1.41 Å². The van der Waals surface area contributed by atoms with Crippen LogP contribution in [-0.4, -0.2) is 19.7 Å². The number of hydrogen-bond acceptors (Lipinski definition) is 3. The first-order valence-electron chi connectivity index (χ1n) is 11.0. The molecule has 0 aliphatic carbocycles. The normalized spacial score (nSPS) is 40.2. The van der Waals surface area contributed by atoms with Crippen LogP contribution < -0.4 is 14.8 Å². The van der Waals surface area contributed by atoms with E-state index in [-0.39, 0.29) is 0 Å². The van der Waals surface area contributed by atoms with E-state index in [9.17, 15) is 0 Å². The molecule has 1 heterocycles. The standard InChI is InChI=1S/C11H15NO2/c1-8(12-2)5-9-3-4-10-11(6-9)14-7-13-10/h3-4,6,8,12H,5,7H2,1-2H3/i1D3,2D3,3D,4D,5D2,6D,7D2,8D/hD. The zero-order valence-corrected chi connectivity index (χ0v) is 6.76. The van der Waals surface area contributed by atoms with E-state index < -0.39 is 73.5 Å². The second-order valence-corrected chi connectivity index (χ2v) is 2.28. The second-order valence-electron chi connectivity index (χ2n) is 2.28. The highest BCUT2D eigenvalue weighted by Crippen LogP contribution is 2.32. The summed E-state index contributed by atoms with van der Waals surface area (Å²) in [4.78, 5) is 0. The third-order valence-electron chi connectivity index (χ3n) is 1.39. The van der Waals surface area contributed by atoms with Crippen LogP contribution in [0, 0.1) is 0 Å². The second kappa shape index (κ2) is 3.88. The zero-order chi connectivity index (χ0) is 23.0. The Kier molecular flexibility index (Phi) is 0.594. The summed E-state index contributed by atoms with van der Waals surface area (Å²) in [7, 11) is 0. The first-order chi connectivity index (χ1) is 12.7. The van der Waals surface area contributed by atoms with Gasteiger partial charge in [-0.15, -0.1) is 0 Å². The molecule has 0 saturated heterocycles. The molecule has 1 atom stereocenters. The fraction of sp³-hybridized carbons (Fsp3) is 0.455. The molecule has 76 valence electrons. The average molecular weight is 208 g/mol. The lowest BCUT2D eigenvalue weighted by atomic mass is 10.1. The summed E-state index contributed by atoms with van der Waals surface area (Å²) in [5.74, 6) is -1.51. The van der Waals surface area contributed by atoms with Gasteiger partial charge in [-0.2, -0.15) is 0 Å². The monoisotopic (exact) mass is 208 g/mol. The fourth-order valence-electron chi connectivity index (χ4n) is 0.834. The Hall–Kier alpha value is -1.22. The van der Waals surface area contributed by atoms with E-state index in [1.807, 2.05) is 0 Å². The van der Waals surface area contributed by atoms with E-state index in [0.29, 0.717) is 0 Å². The Morgan fingerprint density at radius 1 is 1.86 bits per heavy atom. The van der Waals surface area contributed by atoms with Crippen LogP contribution >= 0.6 is 0 Å². The van der Waals surface area contributed by atoms with Crippen molar-refractivity contribution in [3.8, 4) is 11.5 Å². The Morgan fingerprint density at radius 2 is 2.79 bits per heavy atom. The number of benzene rings is 1. The smallest absolute Gasteiger partial charge is 0.231 e. The maximum absolute atomic E-state index is 8.22. The number of ether oxygens (including phenoxy) is 2. The first kappa shape index (κ1) is 2.14. The van der Waals surface area contributed by atoms with E-state index in [4.69, 9.17) is 25.3 Å². The summed E-state index contributed by atoms with van der Waals surface area (Å²) in [6, 6.07) is -7.06.